The van der Waals surface area contributed by atoms with Crippen LogP contribution in [-0.4, -0.2) is 35.0 Å². The van der Waals surface area contributed by atoms with E-state index in [0.29, 0.717) is 13.0 Å². The topological polar surface area (TPSA) is 56.5 Å². The maximum Gasteiger partial charge on any atom is 0.161 e. The quantitative estimate of drug-likeness (QED) is 0.606. The zero-order chi connectivity index (χ0) is 17.5. The van der Waals surface area contributed by atoms with Gasteiger partial charge in [0.25, 0.3) is 0 Å². The summed E-state index contributed by atoms with van der Waals surface area (Å²) in [5.41, 5.74) is 2.10. The van der Waals surface area contributed by atoms with Gasteiger partial charge in [-0.25, -0.2) is 4.98 Å². The van der Waals surface area contributed by atoms with Crippen LogP contribution in [0.3, 0.4) is 0 Å². The summed E-state index contributed by atoms with van der Waals surface area (Å²) in [5, 5.41) is 9.27. The van der Waals surface area contributed by atoms with Gasteiger partial charge in [0, 0.05) is 13.0 Å². The first-order chi connectivity index (χ1) is 12.3. The number of hydrogen-bond acceptors (Lipinski definition) is 4. The number of benzene rings is 2. The Balaban J connectivity index is 1.57. The van der Waals surface area contributed by atoms with Crippen molar-refractivity contribution in [3.63, 3.8) is 0 Å². The number of aliphatic hydroxyl groups is 1. The molecule has 0 saturated carbocycles. The maximum absolute atomic E-state index is 9.27. The Morgan fingerprint density at radius 3 is 2.56 bits per heavy atom. The molecule has 0 radical (unpaired) electrons. The summed E-state index contributed by atoms with van der Waals surface area (Å²) in [7, 11) is 1.65. The van der Waals surface area contributed by atoms with Crippen LogP contribution in [-0.2, 0) is 13.0 Å². The summed E-state index contributed by atoms with van der Waals surface area (Å²) >= 11 is 0. The molecule has 0 unspecified atom stereocenters. The van der Waals surface area contributed by atoms with E-state index < -0.39 is 0 Å². The Bertz CT molecular complexity index is 814. The van der Waals surface area contributed by atoms with Crippen LogP contribution in [0.15, 0.2) is 48.5 Å². The van der Waals surface area contributed by atoms with Gasteiger partial charge >= 0.3 is 0 Å². The van der Waals surface area contributed by atoms with Gasteiger partial charge in [-0.15, -0.1) is 0 Å². The number of hydrogen-bond donors (Lipinski definition) is 1. The number of rotatable bonds is 9. The minimum Gasteiger partial charge on any atom is -0.493 e. The zero-order valence-corrected chi connectivity index (χ0v) is 14.5. The number of aromatic nitrogens is 2. The molecule has 132 valence electrons. The van der Waals surface area contributed by atoms with Crippen LogP contribution in [0, 0.1) is 0 Å². The van der Waals surface area contributed by atoms with E-state index in [4.69, 9.17) is 9.47 Å². The summed E-state index contributed by atoms with van der Waals surface area (Å²) in [4.78, 5) is 4.63. The second-order valence-corrected chi connectivity index (χ2v) is 5.85. The summed E-state index contributed by atoms with van der Waals surface area (Å²) in [5.74, 6) is 2.47. The van der Waals surface area contributed by atoms with Gasteiger partial charge in [0.1, 0.15) is 5.82 Å². The van der Waals surface area contributed by atoms with Crippen molar-refractivity contribution in [2.24, 2.45) is 0 Å². The molecule has 1 N–H and O–H groups in total. The monoisotopic (exact) mass is 340 g/mol. The summed E-state index contributed by atoms with van der Waals surface area (Å²) in [6, 6.07) is 15.8. The molecular weight excluding hydrogens is 316 g/mol. The van der Waals surface area contributed by atoms with Crippen LogP contribution in [0.5, 0.6) is 11.5 Å². The maximum atomic E-state index is 9.27. The molecule has 1 aromatic heterocycles. The van der Waals surface area contributed by atoms with Gasteiger partial charge in [-0.2, -0.15) is 0 Å². The number of nitrogens with zero attached hydrogens (tertiary/aromatic N) is 2. The van der Waals surface area contributed by atoms with E-state index in [9.17, 15) is 5.11 Å². The number of aliphatic hydroxyl groups excluding tert-OH is 1. The molecule has 0 bridgehead atoms. The molecule has 0 fully saturated rings. The highest BCUT2D eigenvalue weighted by Gasteiger charge is 2.09. The van der Waals surface area contributed by atoms with Crippen molar-refractivity contribution >= 4 is 11.0 Å². The third-order valence-corrected chi connectivity index (χ3v) is 4.17. The second-order valence-electron chi connectivity index (χ2n) is 5.85. The van der Waals surface area contributed by atoms with Crippen molar-refractivity contribution in [1.29, 1.82) is 0 Å². The first-order valence-electron chi connectivity index (χ1n) is 8.64. The van der Waals surface area contributed by atoms with E-state index in [-0.39, 0.29) is 6.61 Å². The minimum absolute atomic E-state index is 0.111. The molecule has 3 aromatic rings. The predicted octanol–water partition coefficient (Wildman–Crippen LogP) is 3.44. The lowest BCUT2D eigenvalue weighted by Crippen LogP contribution is -2.07. The third kappa shape index (κ3) is 4.12. The normalized spacial score (nSPS) is 11.0. The summed E-state index contributed by atoms with van der Waals surface area (Å²) in [6.45, 7) is 1.62. The van der Waals surface area contributed by atoms with Crippen LogP contribution in [0.1, 0.15) is 18.7 Å². The zero-order valence-electron chi connectivity index (χ0n) is 14.5. The lowest BCUT2D eigenvalue weighted by Gasteiger charge is -2.11. The number of methoxy groups -OCH3 is 1. The second kappa shape index (κ2) is 8.53. The number of imidazole rings is 1. The standard InChI is InChI=1S/C20H24N2O3/c1-24-18-10-4-5-11-19(18)25-15-7-6-13-22-17-9-3-2-8-16(17)21-20(22)12-14-23/h2-5,8-11,23H,6-7,12-15H2,1H3. The Morgan fingerprint density at radius 2 is 1.76 bits per heavy atom. The van der Waals surface area contributed by atoms with E-state index >= 15 is 0 Å². The lowest BCUT2D eigenvalue weighted by atomic mass is 10.3. The van der Waals surface area contributed by atoms with E-state index in [1.54, 1.807) is 7.11 Å². The number of ether oxygens (including phenoxy) is 2. The molecule has 2 aromatic carbocycles. The van der Waals surface area contributed by atoms with Crippen LogP contribution >= 0.6 is 0 Å². The molecule has 0 amide bonds. The van der Waals surface area contributed by atoms with Crippen molar-refractivity contribution in [2.45, 2.75) is 25.8 Å². The van der Waals surface area contributed by atoms with Gasteiger partial charge < -0.3 is 19.1 Å². The Kier molecular flexibility index (Phi) is 5.90. The third-order valence-electron chi connectivity index (χ3n) is 4.17. The highest BCUT2D eigenvalue weighted by atomic mass is 16.5. The molecule has 25 heavy (non-hydrogen) atoms. The Morgan fingerprint density at radius 1 is 1.00 bits per heavy atom. The first kappa shape index (κ1) is 17.3. The van der Waals surface area contributed by atoms with Crippen molar-refractivity contribution in [3.05, 3.63) is 54.4 Å². The number of fused-ring (bicyclic) bond motifs is 1. The number of para-hydroxylation sites is 4. The van der Waals surface area contributed by atoms with Crippen molar-refractivity contribution < 1.29 is 14.6 Å². The Labute approximate surface area is 147 Å². The fourth-order valence-corrected chi connectivity index (χ4v) is 2.96. The van der Waals surface area contributed by atoms with E-state index in [1.807, 2.05) is 42.5 Å². The van der Waals surface area contributed by atoms with E-state index in [2.05, 4.69) is 15.6 Å². The van der Waals surface area contributed by atoms with Gasteiger partial charge in [-0.05, 0) is 37.1 Å². The van der Waals surface area contributed by atoms with Crippen molar-refractivity contribution in [3.8, 4) is 11.5 Å². The van der Waals surface area contributed by atoms with Gasteiger partial charge in [0.15, 0.2) is 11.5 Å². The molecule has 0 saturated heterocycles. The Hall–Kier alpha value is -2.53. The van der Waals surface area contributed by atoms with Gasteiger partial charge in [0.2, 0.25) is 0 Å². The molecule has 0 spiro atoms. The van der Waals surface area contributed by atoms with Crippen LogP contribution < -0.4 is 9.47 Å². The molecular formula is C20H24N2O3. The van der Waals surface area contributed by atoms with Gasteiger partial charge in [0.05, 0.1) is 31.4 Å². The molecule has 0 aliphatic carbocycles. The smallest absolute Gasteiger partial charge is 0.161 e. The number of aryl methyl sites for hydroxylation is 1. The average Bonchev–Trinajstić information content (AvgIpc) is 2.99. The molecule has 0 atom stereocenters. The highest BCUT2D eigenvalue weighted by Crippen LogP contribution is 2.26. The SMILES string of the molecule is COc1ccccc1OCCCCn1c(CCO)nc2ccccc21. The van der Waals surface area contributed by atoms with E-state index in [1.165, 1.54) is 0 Å². The molecule has 5 heteroatoms. The average molecular weight is 340 g/mol. The van der Waals surface area contributed by atoms with Crippen LogP contribution in [0.2, 0.25) is 0 Å². The largest absolute Gasteiger partial charge is 0.493 e. The van der Waals surface area contributed by atoms with Crippen LogP contribution in [0.4, 0.5) is 0 Å². The summed E-state index contributed by atoms with van der Waals surface area (Å²) < 4.78 is 13.3. The first-order valence-corrected chi connectivity index (χ1v) is 8.64. The van der Waals surface area contributed by atoms with Crippen molar-refractivity contribution in [2.75, 3.05) is 20.3 Å². The fourth-order valence-electron chi connectivity index (χ4n) is 2.96. The fraction of sp³-hybridized carbons (Fsp3) is 0.350. The molecule has 5 nitrogen and oxygen atoms in total. The molecule has 3 rings (SSSR count). The highest BCUT2D eigenvalue weighted by molar-refractivity contribution is 5.75. The minimum atomic E-state index is 0.111. The van der Waals surface area contributed by atoms with E-state index in [0.717, 1.165) is 47.7 Å². The lowest BCUT2D eigenvalue weighted by molar-refractivity contribution is 0.282. The van der Waals surface area contributed by atoms with Gasteiger partial charge in [-0.3, -0.25) is 0 Å². The van der Waals surface area contributed by atoms with Crippen LogP contribution in [0.25, 0.3) is 11.0 Å². The predicted molar refractivity (Wildman–Crippen MR) is 98.2 cm³/mol. The van der Waals surface area contributed by atoms with Gasteiger partial charge in [-0.1, -0.05) is 24.3 Å². The summed E-state index contributed by atoms with van der Waals surface area (Å²) in [6.07, 6.45) is 2.49. The molecule has 0 aliphatic rings. The number of unbranched alkanes of at least 4 members (excludes halogenated alkanes) is 1. The molecule has 1 heterocycles. The molecule has 0 aliphatic heterocycles. The van der Waals surface area contributed by atoms with Crippen molar-refractivity contribution in [1.82, 2.24) is 9.55 Å².